The van der Waals surface area contributed by atoms with Crippen molar-refractivity contribution in [3.8, 4) is 0 Å². The predicted molar refractivity (Wildman–Crippen MR) is 84.0 cm³/mol. The number of hydrogen-bond acceptors (Lipinski definition) is 3. The second-order valence-corrected chi connectivity index (χ2v) is 5.49. The van der Waals surface area contributed by atoms with E-state index in [1.165, 1.54) is 13.2 Å². The first-order valence-electron chi connectivity index (χ1n) is 7.32. The Morgan fingerprint density at radius 3 is 2.36 bits per heavy atom. The van der Waals surface area contributed by atoms with Gasteiger partial charge in [-0.25, -0.2) is 4.79 Å². The summed E-state index contributed by atoms with van der Waals surface area (Å²) in [5.41, 5.74) is 0.989. The number of ether oxygens (including phenoxy) is 1. The zero-order valence-corrected chi connectivity index (χ0v) is 12.5. The number of carboxylic acid groups (broad SMARTS) is 1. The number of carbonyl (C=O) groups excluding carboxylic acids is 1. The van der Waals surface area contributed by atoms with Crippen LogP contribution < -0.4 is 0 Å². The van der Waals surface area contributed by atoms with Gasteiger partial charge in [0.2, 0.25) is 0 Å². The van der Waals surface area contributed by atoms with Crippen LogP contribution >= 0.6 is 0 Å². The predicted octanol–water partition coefficient (Wildman–Crippen LogP) is 3.16. The average Bonchev–Trinajstić information content (AvgIpc) is 3.17. The smallest absolute Gasteiger partial charge is 0.330 e. The molecule has 1 N–H and O–H groups in total. The van der Waals surface area contributed by atoms with E-state index in [4.69, 9.17) is 5.11 Å². The van der Waals surface area contributed by atoms with E-state index in [0.717, 1.165) is 18.4 Å². The summed E-state index contributed by atoms with van der Waals surface area (Å²) in [5, 5.41) is 8.70. The maximum atomic E-state index is 10.7. The van der Waals surface area contributed by atoms with Gasteiger partial charge in [0.15, 0.2) is 0 Å². The van der Waals surface area contributed by atoms with Crippen molar-refractivity contribution in [3.63, 3.8) is 0 Å². The summed E-state index contributed by atoms with van der Waals surface area (Å²) >= 11 is 0. The Kier molecular flexibility index (Phi) is 5.53. The molecule has 3 unspecified atom stereocenters. The van der Waals surface area contributed by atoms with Crippen LogP contribution in [0.4, 0.5) is 0 Å². The molecule has 2 aliphatic rings. The van der Waals surface area contributed by atoms with Crippen molar-refractivity contribution >= 4 is 18.0 Å². The van der Waals surface area contributed by atoms with E-state index >= 15 is 0 Å². The third-order valence-electron chi connectivity index (χ3n) is 4.01. The fourth-order valence-corrected chi connectivity index (χ4v) is 2.86. The van der Waals surface area contributed by atoms with Gasteiger partial charge in [0.1, 0.15) is 0 Å². The van der Waals surface area contributed by atoms with Crippen LogP contribution in [0.5, 0.6) is 0 Å². The molecule has 22 heavy (non-hydrogen) atoms. The first-order valence-corrected chi connectivity index (χ1v) is 7.32. The topological polar surface area (TPSA) is 63.6 Å². The van der Waals surface area contributed by atoms with Crippen molar-refractivity contribution in [1.29, 1.82) is 0 Å². The number of carbonyl (C=O) groups is 2. The number of esters is 1. The third-order valence-corrected chi connectivity index (χ3v) is 4.01. The molecule has 0 aromatic heterocycles. The van der Waals surface area contributed by atoms with E-state index in [1.807, 2.05) is 30.3 Å². The van der Waals surface area contributed by atoms with Crippen LogP contribution in [0.25, 0.3) is 6.08 Å². The number of carboxylic acids is 1. The fourth-order valence-electron chi connectivity index (χ4n) is 2.86. The molecule has 1 saturated carbocycles. The van der Waals surface area contributed by atoms with Crippen molar-refractivity contribution in [3.05, 3.63) is 54.1 Å². The van der Waals surface area contributed by atoms with Gasteiger partial charge in [0.05, 0.1) is 13.0 Å². The quantitative estimate of drug-likeness (QED) is 0.529. The normalized spacial score (nSPS) is 24.9. The lowest BCUT2D eigenvalue weighted by molar-refractivity contribution is -0.142. The van der Waals surface area contributed by atoms with Crippen molar-refractivity contribution in [2.75, 3.05) is 7.11 Å². The Hall–Kier alpha value is -2.36. The molecule has 1 aromatic rings. The number of fused-ring (bicyclic) bond motifs is 2. The van der Waals surface area contributed by atoms with Crippen LogP contribution in [0.1, 0.15) is 18.4 Å². The highest BCUT2D eigenvalue weighted by molar-refractivity contribution is 5.86. The van der Waals surface area contributed by atoms with E-state index in [-0.39, 0.29) is 11.9 Å². The zero-order chi connectivity index (χ0) is 15.9. The molecule has 1 aromatic carbocycles. The van der Waals surface area contributed by atoms with Gasteiger partial charge in [-0.15, -0.1) is 0 Å². The lowest BCUT2D eigenvalue weighted by Gasteiger charge is -2.11. The molecule has 0 aliphatic heterocycles. The first-order chi connectivity index (χ1) is 10.6. The highest BCUT2D eigenvalue weighted by Crippen LogP contribution is 2.43. The first kappa shape index (κ1) is 16.0. The summed E-state index contributed by atoms with van der Waals surface area (Å²) in [6, 6.07) is 9.59. The second kappa shape index (κ2) is 7.59. The van der Waals surface area contributed by atoms with E-state index in [0.29, 0.717) is 11.8 Å². The lowest BCUT2D eigenvalue weighted by Crippen LogP contribution is -2.17. The van der Waals surface area contributed by atoms with Gasteiger partial charge in [-0.05, 0) is 36.3 Å². The Bertz CT molecular complexity index is 574. The van der Waals surface area contributed by atoms with Gasteiger partial charge in [-0.1, -0.05) is 42.5 Å². The summed E-state index contributed by atoms with van der Waals surface area (Å²) in [6.07, 6.45) is 9.28. The van der Waals surface area contributed by atoms with Gasteiger partial charge >= 0.3 is 11.9 Å². The molecule has 0 spiro atoms. The number of aliphatic carboxylic acids is 1. The summed E-state index contributed by atoms with van der Waals surface area (Å²) < 4.78 is 4.45. The van der Waals surface area contributed by atoms with E-state index in [2.05, 4.69) is 16.9 Å². The molecule has 2 aliphatic carbocycles. The van der Waals surface area contributed by atoms with Crippen LogP contribution in [0, 0.1) is 17.8 Å². The maximum Gasteiger partial charge on any atom is 0.330 e. The fraction of sp³-hybridized carbons (Fsp3) is 0.333. The van der Waals surface area contributed by atoms with Gasteiger partial charge in [-0.3, -0.25) is 4.79 Å². The second-order valence-electron chi connectivity index (χ2n) is 5.49. The van der Waals surface area contributed by atoms with Gasteiger partial charge in [-0.2, -0.15) is 0 Å². The Balaban J connectivity index is 0.000000162. The van der Waals surface area contributed by atoms with E-state index < -0.39 is 5.97 Å². The molecule has 2 bridgehead atoms. The molecular weight excluding hydrogens is 280 g/mol. The molecule has 1 fully saturated rings. The Morgan fingerprint density at radius 2 is 1.91 bits per heavy atom. The largest absolute Gasteiger partial charge is 0.481 e. The van der Waals surface area contributed by atoms with Crippen molar-refractivity contribution < 1.29 is 19.4 Å². The van der Waals surface area contributed by atoms with E-state index in [9.17, 15) is 9.59 Å². The number of benzene rings is 1. The monoisotopic (exact) mass is 300 g/mol. The molecule has 0 saturated heterocycles. The van der Waals surface area contributed by atoms with Crippen molar-refractivity contribution in [1.82, 2.24) is 0 Å². The minimum Gasteiger partial charge on any atom is -0.481 e. The Labute approximate surface area is 130 Å². The lowest BCUT2D eigenvalue weighted by atomic mass is 9.94. The third kappa shape index (κ3) is 4.32. The van der Waals surface area contributed by atoms with Crippen molar-refractivity contribution in [2.24, 2.45) is 17.8 Å². The minimum absolute atomic E-state index is 0.0741. The summed E-state index contributed by atoms with van der Waals surface area (Å²) in [5.74, 6) is -0.0979. The number of hydrogen-bond donors (Lipinski definition) is 1. The molecular formula is C18H20O4. The van der Waals surface area contributed by atoms with Gasteiger partial charge in [0.25, 0.3) is 0 Å². The molecule has 116 valence electrons. The zero-order valence-electron chi connectivity index (χ0n) is 12.5. The molecule has 4 heteroatoms. The number of rotatable bonds is 3. The van der Waals surface area contributed by atoms with Crippen LogP contribution in [0.2, 0.25) is 0 Å². The Morgan fingerprint density at radius 1 is 1.18 bits per heavy atom. The molecule has 0 heterocycles. The summed E-state index contributed by atoms with van der Waals surface area (Å²) in [4.78, 5) is 21.2. The highest BCUT2D eigenvalue weighted by atomic mass is 16.5. The molecule has 3 atom stereocenters. The summed E-state index contributed by atoms with van der Waals surface area (Å²) in [7, 11) is 1.36. The van der Waals surface area contributed by atoms with Crippen LogP contribution in [-0.2, 0) is 14.3 Å². The van der Waals surface area contributed by atoms with Crippen LogP contribution in [0.15, 0.2) is 48.6 Å². The maximum absolute atomic E-state index is 10.7. The molecule has 4 nitrogen and oxygen atoms in total. The molecule has 0 radical (unpaired) electrons. The van der Waals surface area contributed by atoms with Crippen LogP contribution in [0.3, 0.4) is 0 Å². The number of methoxy groups -OCH3 is 1. The van der Waals surface area contributed by atoms with Gasteiger partial charge in [0, 0.05) is 6.08 Å². The van der Waals surface area contributed by atoms with Crippen LogP contribution in [-0.4, -0.2) is 24.2 Å². The minimum atomic E-state index is -0.614. The molecule has 0 amide bonds. The molecule has 3 rings (SSSR count). The van der Waals surface area contributed by atoms with E-state index in [1.54, 1.807) is 6.08 Å². The van der Waals surface area contributed by atoms with Gasteiger partial charge < -0.3 is 9.84 Å². The summed E-state index contributed by atoms with van der Waals surface area (Å²) in [6.45, 7) is 0. The SMILES string of the molecule is COC(=O)C=Cc1ccccc1.O=C(O)C1CC2C=CC1C2. The standard InChI is InChI=1S/C10H10O2.C8H10O2/c1-12-10(11)8-7-9-5-3-2-4-6-9;9-8(10)7-4-5-1-2-6(7)3-5/h2-8H,1H3;1-2,5-7H,3-4H2,(H,9,10). The highest BCUT2D eigenvalue weighted by Gasteiger charge is 2.39. The number of allylic oxidation sites excluding steroid dienone is 2. The average molecular weight is 300 g/mol. The van der Waals surface area contributed by atoms with Crippen molar-refractivity contribution in [2.45, 2.75) is 12.8 Å².